The van der Waals surface area contributed by atoms with E-state index in [0.717, 1.165) is 5.56 Å². The van der Waals surface area contributed by atoms with Crippen LogP contribution in [0.5, 0.6) is 0 Å². The predicted octanol–water partition coefficient (Wildman–Crippen LogP) is 5.83. The fourth-order valence-electron chi connectivity index (χ4n) is 2.68. The minimum absolute atomic E-state index is 0.00122. The molecule has 0 aromatic carbocycles. The van der Waals surface area contributed by atoms with Crippen molar-refractivity contribution >= 4 is 34.5 Å². The van der Waals surface area contributed by atoms with E-state index in [-0.39, 0.29) is 24.9 Å². The van der Waals surface area contributed by atoms with E-state index < -0.39 is 12.1 Å². The second kappa shape index (κ2) is 6.42. The van der Waals surface area contributed by atoms with Gasteiger partial charge in [0.2, 0.25) is 0 Å². The monoisotopic (exact) mass is 345 g/mol. The molecule has 0 radical (unpaired) electrons. The third-order valence-corrected chi connectivity index (χ3v) is 5.34. The molecule has 0 spiro atoms. The molecule has 1 aromatic heterocycles. The molecule has 1 atom stereocenters. The molecule has 1 unspecified atom stereocenters. The summed E-state index contributed by atoms with van der Waals surface area (Å²) in [5, 5.41) is 3.36. The lowest BCUT2D eigenvalue weighted by atomic mass is 9.85. The van der Waals surface area contributed by atoms with Gasteiger partial charge in [0.1, 0.15) is 0 Å². The molecule has 1 heterocycles. The number of hydrogen-bond acceptors (Lipinski definition) is 2. The molecular weight excluding hydrogens is 330 g/mol. The van der Waals surface area contributed by atoms with Gasteiger partial charge in [-0.3, -0.25) is 0 Å². The van der Waals surface area contributed by atoms with Crippen molar-refractivity contribution in [1.29, 1.82) is 0 Å². The van der Waals surface area contributed by atoms with Gasteiger partial charge in [0.15, 0.2) is 0 Å². The molecule has 1 fully saturated rings. The second-order valence-electron chi connectivity index (χ2n) is 5.26. The summed E-state index contributed by atoms with van der Waals surface area (Å²) in [7, 11) is 0. The van der Waals surface area contributed by atoms with Crippen molar-refractivity contribution in [2.24, 2.45) is 5.92 Å². The highest BCUT2D eigenvalue weighted by Gasteiger charge is 2.41. The highest BCUT2D eigenvalue weighted by Crippen LogP contribution is 2.39. The average Bonchev–Trinajstić information content (AvgIpc) is 2.68. The van der Waals surface area contributed by atoms with Crippen LogP contribution in [0, 0.1) is 5.92 Å². The van der Waals surface area contributed by atoms with Crippen LogP contribution in [0.4, 0.5) is 13.2 Å². The molecule has 1 aliphatic carbocycles. The molecule has 1 N–H and O–H groups in total. The zero-order chi connectivity index (χ0) is 14.9. The van der Waals surface area contributed by atoms with Crippen LogP contribution in [0.3, 0.4) is 0 Å². The van der Waals surface area contributed by atoms with Gasteiger partial charge in [0.25, 0.3) is 0 Å². The van der Waals surface area contributed by atoms with E-state index in [2.05, 4.69) is 5.32 Å². The first kappa shape index (κ1) is 16.4. The Morgan fingerprint density at radius 3 is 2.30 bits per heavy atom. The summed E-state index contributed by atoms with van der Waals surface area (Å²) in [6, 6.07) is 1.92. The lowest BCUT2D eigenvalue weighted by Crippen LogP contribution is -2.38. The first-order valence-corrected chi connectivity index (χ1v) is 8.12. The van der Waals surface area contributed by atoms with E-state index in [1.807, 2.05) is 13.0 Å². The molecule has 20 heavy (non-hydrogen) atoms. The van der Waals surface area contributed by atoms with Gasteiger partial charge in [-0.2, -0.15) is 13.2 Å². The van der Waals surface area contributed by atoms with Crippen molar-refractivity contribution in [2.45, 2.75) is 50.9 Å². The fourth-order valence-corrected chi connectivity index (χ4v) is 4.32. The first-order valence-electron chi connectivity index (χ1n) is 6.55. The van der Waals surface area contributed by atoms with E-state index >= 15 is 0 Å². The Morgan fingerprint density at radius 1 is 1.25 bits per heavy atom. The normalized spacial score (nSPS) is 25.7. The molecular formula is C13H16Cl2F3NS. The standard InChI is InChI=1S/C13H16Cl2F3NS/c1-7(10-6-11(14)20-12(10)15)19-9-4-2-8(3-5-9)13(16,17)18/h6-9,19H,2-5H2,1H3. The van der Waals surface area contributed by atoms with Gasteiger partial charge in [-0.15, -0.1) is 11.3 Å². The Balaban J connectivity index is 1.88. The number of nitrogens with one attached hydrogen (secondary N) is 1. The van der Waals surface area contributed by atoms with Crippen molar-refractivity contribution < 1.29 is 13.2 Å². The zero-order valence-corrected chi connectivity index (χ0v) is 13.3. The van der Waals surface area contributed by atoms with Crippen LogP contribution in [0.1, 0.15) is 44.2 Å². The van der Waals surface area contributed by atoms with Crippen molar-refractivity contribution in [3.05, 3.63) is 20.3 Å². The third-order valence-electron chi connectivity index (χ3n) is 3.83. The molecule has 2 rings (SSSR count). The van der Waals surface area contributed by atoms with E-state index in [1.165, 1.54) is 11.3 Å². The molecule has 0 amide bonds. The lowest BCUT2D eigenvalue weighted by Gasteiger charge is -2.32. The molecule has 0 bridgehead atoms. The van der Waals surface area contributed by atoms with Crippen molar-refractivity contribution in [1.82, 2.24) is 5.32 Å². The maximum Gasteiger partial charge on any atom is 0.391 e. The second-order valence-corrected chi connectivity index (χ2v) is 7.54. The quantitative estimate of drug-likeness (QED) is 0.726. The average molecular weight is 346 g/mol. The third kappa shape index (κ3) is 4.03. The van der Waals surface area contributed by atoms with Gasteiger partial charge in [0, 0.05) is 12.1 Å². The van der Waals surface area contributed by atoms with Crippen LogP contribution in [-0.4, -0.2) is 12.2 Å². The summed E-state index contributed by atoms with van der Waals surface area (Å²) in [6.07, 6.45) is -2.56. The van der Waals surface area contributed by atoms with Gasteiger partial charge in [0.05, 0.1) is 14.6 Å². The molecule has 1 aromatic rings. The Hall–Kier alpha value is 0.0300. The molecule has 0 saturated heterocycles. The zero-order valence-electron chi connectivity index (χ0n) is 10.9. The van der Waals surface area contributed by atoms with Gasteiger partial charge < -0.3 is 5.32 Å². The first-order chi connectivity index (χ1) is 9.27. The summed E-state index contributed by atoms with van der Waals surface area (Å²) < 4.78 is 39.1. The largest absolute Gasteiger partial charge is 0.391 e. The van der Waals surface area contributed by atoms with Gasteiger partial charge in [-0.1, -0.05) is 23.2 Å². The van der Waals surface area contributed by atoms with E-state index in [1.54, 1.807) is 0 Å². The Kier molecular flexibility index (Phi) is 5.27. The summed E-state index contributed by atoms with van der Waals surface area (Å²) in [5.41, 5.74) is 0.916. The Labute approximate surface area is 130 Å². The van der Waals surface area contributed by atoms with Crippen LogP contribution in [0.2, 0.25) is 8.67 Å². The van der Waals surface area contributed by atoms with E-state index in [0.29, 0.717) is 21.5 Å². The van der Waals surface area contributed by atoms with Crippen LogP contribution in [-0.2, 0) is 0 Å². The molecule has 1 saturated carbocycles. The van der Waals surface area contributed by atoms with Crippen LogP contribution < -0.4 is 5.32 Å². The maximum atomic E-state index is 12.6. The van der Waals surface area contributed by atoms with E-state index in [4.69, 9.17) is 23.2 Å². The number of alkyl halides is 3. The topological polar surface area (TPSA) is 12.0 Å². The number of halogens is 5. The van der Waals surface area contributed by atoms with Crippen LogP contribution in [0.25, 0.3) is 0 Å². The molecule has 114 valence electrons. The minimum atomic E-state index is -4.05. The predicted molar refractivity (Wildman–Crippen MR) is 77.7 cm³/mol. The van der Waals surface area contributed by atoms with Crippen molar-refractivity contribution in [2.75, 3.05) is 0 Å². The summed E-state index contributed by atoms with van der Waals surface area (Å²) in [5.74, 6) is -1.14. The summed E-state index contributed by atoms with van der Waals surface area (Å²) in [6.45, 7) is 1.96. The van der Waals surface area contributed by atoms with Gasteiger partial charge >= 0.3 is 6.18 Å². The minimum Gasteiger partial charge on any atom is -0.307 e. The number of rotatable bonds is 3. The SMILES string of the molecule is CC(NC1CCC(C(F)(F)F)CC1)c1cc(Cl)sc1Cl. The van der Waals surface area contributed by atoms with Gasteiger partial charge in [-0.05, 0) is 44.2 Å². The Morgan fingerprint density at radius 2 is 1.85 bits per heavy atom. The summed E-state index contributed by atoms with van der Waals surface area (Å²) in [4.78, 5) is 0. The van der Waals surface area contributed by atoms with Crippen LogP contribution in [0.15, 0.2) is 6.07 Å². The van der Waals surface area contributed by atoms with E-state index in [9.17, 15) is 13.2 Å². The molecule has 1 aliphatic rings. The fraction of sp³-hybridized carbons (Fsp3) is 0.692. The molecule has 0 aliphatic heterocycles. The van der Waals surface area contributed by atoms with Gasteiger partial charge in [-0.25, -0.2) is 0 Å². The van der Waals surface area contributed by atoms with Crippen molar-refractivity contribution in [3.8, 4) is 0 Å². The number of hydrogen-bond donors (Lipinski definition) is 1. The van der Waals surface area contributed by atoms with Crippen molar-refractivity contribution in [3.63, 3.8) is 0 Å². The highest BCUT2D eigenvalue weighted by molar-refractivity contribution is 7.20. The number of thiophene rings is 1. The lowest BCUT2D eigenvalue weighted by molar-refractivity contribution is -0.182. The Bertz CT molecular complexity index is 453. The smallest absolute Gasteiger partial charge is 0.307 e. The molecule has 1 nitrogen and oxygen atoms in total. The molecule has 7 heteroatoms. The maximum absolute atomic E-state index is 12.6. The summed E-state index contributed by atoms with van der Waals surface area (Å²) >= 11 is 13.3. The van der Waals surface area contributed by atoms with Crippen LogP contribution >= 0.6 is 34.5 Å². The highest BCUT2D eigenvalue weighted by atomic mass is 35.5.